The molecule has 0 bridgehead atoms. The van der Waals surface area contributed by atoms with Crippen molar-refractivity contribution >= 4 is 58.3 Å². The number of hydrogen-bond donors (Lipinski definition) is 10. The Bertz CT molecular complexity index is 2150. The molecule has 23 nitrogen and oxygen atoms in total. The van der Waals surface area contributed by atoms with Crippen LogP contribution in [0.3, 0.4) is 0 Å². The first-order valence-electron chi connectivity index (χ1n) is 26.5. The van der Waals surface area contributed by atoms with Gasteiger partial charge >= 0.3 is 0 Å². The van der Waals surface area contributed by atoms with E-state index in [4.69, 9.17) is 23.7 Å². The topological polar surface area (TPSA) is 363 Å². The van der Waals surface area contributed by atoms with Gasteiger partial charge in [-0.3, -0.25) is 33.6 Å². The van der Waals surface area contributed by atoms with E-state index < -0.39 is 164 Å². The highest BCUT2D eigenvalue weighted by Crippen LogP contribution is 2.36. The van der Waals surface area contributed by atoms with Gasteiger partial charge in [0.2, 0.25) is 17.7 Å². The number of nitrogens with one attached hydrogen (secondary N) is 1. The third kappa shape index (κ3) is 16.9. The quantitative estimate of drug-likeness (QED) is 0.0257. The highest BCUT2D eigenvalue weighted by Gasteiger charge is 2.46. The van der Waals surface area contributed by atoms with Crippen LogP contribution in [0.25, 0.3) is 0 Å². The molecule has 0 spiro atoms. The Kier molecular flexibility index (Phi) is 25.2. The third-order valence-electron chi connectivity index (χ3n) is 15.4. The van der Waals surface area contributed by atoms with E-state index in [1.165, 1.54) is 19.9 Å². The lowest BCUT2D eigenvalue weighted by Gasteiger charge is -2.41. The summed E-state index contributed by atoms with van der Waals surface area (Å²) in [6.45, 7) is 4.90. The maximum absolute atomic E-state index is 14.4. The van der Waals surface area contributed by atoms with Crippen LogP contribution in [0.4, 0.5) is 5.69 Å². The number of carbonyl (C=O) groups excluding carboxylic acids is 7. The van der Waals surface area contributed by atoms with E-state index in [1.54, 1.807) is 39.0 Å². The van der Waals surface area contributed by atoms with Crippen LogP contribution >= 0.6 is 11.8 Å². The fraction of sp³-hybridized carbons (Fsp3) is 0.755. The first kappa shape index (κ1) is 64.1. The number of aliphatic hydroxyl groups excluding tert-OH is 9. The number of rotatable bonds is 30. The Hall–Kier alpha value is -3.70. The molecule has 77 heavy (non-hydrogen) atoms. The molecule has 4 aliphatic rings. The molecule has 3 saturated heterocycles. The van der Waals surface area contributed by atoms with Crippen molar-refractivity contribution in [1.29, 1.82) is 0 Å². The van der Waals surface area contributed by atoms with Crippen LogP contribution < -0.4 is 10.2 Å². The maximum Gasteiger partial charge on any atom is 0.247 e. The molecule has 10 N–H and O–H groups in total. The minimum absolute atomic E-state index is 0.0337. The lowest BCUT2D eigenvalue weighted by molar-refractivity contribution is -0.283. The minimum Gasteiger partial charge on any atom is -0.396 e. The molecule has 3 aliphatic heterocycles. The van der Waals surface area contributed by atoms with Crippen LogP contribution in [-0.2, 0) is 52.5 Å². The number of unbranched alkanes of at least 4 members (excludes halogenated alkanes) is 2. The van der Waals surface area contributed by atoms with Crippen LogP contribution in [0.2, 0.25) is 0 Å². The maximum atomic E-state index is 14.4. The van der Waals surface area contributed by atoms with Gasteiger partial charge in [0.25, 0.3) is 0 Å². The summed E-state index contributed by atoms with van der Waals surface area (Å²) < 4.78 is 29.2. The van der Waals surface area contributed by atoms with Crippen LogP contribution in [0.15, 0.2) is 24.3 Å². The summed E-state index contributed by atoms with van der Waals surface area (Å²) in [6, 6.07) is 4.81. The Morgan fingerprint density at radius 1 is 0.740 bits per heavy atom. The number of imide groups is 1. The number of ketones is 4. The second-order valence-electron chi connectivity index (χ2n) is 21.2. The predicted molar refractivity (Wildman–Crippen MR) is 274 cm³/mol. The molecule has 0 radical (unpaired) electrons. The van der Waals surface area contributed by atoms with Gasteiger partial charge < -0.3 is 75.0 Å². The summed E-state index contributed by atoms with van der Waals surface area (Å²) in [5.41, 5.74) is 0.623. The van der Waals surface area contributed by atoms with Crippen LogP contribution in [0.1, 0.15) is 96.3 Å². The summed E-state index contributed by atoms with van der Waals surface area (Å²) in [6.07, 6.45) is -11.8. The van der Waals surface area contributed by atoms with E-state index in [9.17, 15) is 79.5 Å². The zero-order valence-electron chi connectivity index (χ0n) is 44.4. The van der Waals surface area contributed by atoms with Crippen molar-refractivity contribution in [2.45, 2.75) is 159 Å². The summed E-state index contributed by atoms with van der Waals surface area (Å²) in [4.78, 5) is 94.3. The number of benzene rings is 1. The highest BCUT2D eigenvalue weighted by atomic mass is 32.2. The minimum atomic E-state index is -1.44. The second kappa shape index (κ2) is 30.2. The molecule has 24 heteroatoms. The average molecular weight is 1110 g/mol. The second-order valence-corrected chi connectivity index (χ2v) is 22.4. The van der Waals surface area contributed by atoms with E-state index in [1.807, 2.05) is 0 Å². The number of nitrogens with zero attached hydrogens (tertiary/aromatic N) is 1. The lowest BCUT2D eigenvalue weighted by Crippen LogP contribution is -2.56. The van der Waals surface area contributed by atoms with Crippen molar-refractivity contribution in [1.82, 2.24) is 5.32 Å². The van der Waals surface area contributed by atoms with Gasteiger partial charge in [0.05, 0.1) is 80.1 Å². The normalized spacial score (nSPS) is 32.9. The Morgan fingerprint density at radius 2 is 1.34 bits per heavy atom. The Morgan fingerprint density at radius 3 is 1.94 bits per heavy atom. The van der Waals surface area contributed by atoms with Gasteiger partial charge in [-0.25, -0.2) is 4.90 Å². The molecular formula is C53H80N2O21S. The van der Waals surface area contributed by atoms with Crippen molar-refractivity contribution in [3.05, 3.63) is 29.8 Å². The largest absolute Gasteiger partial charge is 0.396 e. The van der Waals surface area contributed by atoms with Crippen LogP contribution in [0.5, 0.6) is 0 Å². The zero-order valence-corrected chi connectivity index (χ0v) is 45.2. The van der Waals surface area contributed by atoms with Gasteiger partial charge in [-0.1, -0.05) is 46.2 Å². The van der Waals surface area contributed by atoms with Crippen LogP contribution in [-0.4, -0.2) is 212 Å². The zero-order chi connectivity index (χ0) is 56.8. The van der Waals surface area contributed by atoms with E-state index in [0.717, 1.165) is 16.7 Å². The van der Waals surface area contributed by atoms with Crippen molar-refractivity contribution in [3.63, 3.8) is 0 Å². The SMILES string of the molecule is CC(=O)c1cccc(N2C(=O)CC(SCC(=O)CCCCCC(=O)[C@H](CO[C@H]3OC(CO)[C@H](O)[C@H](O)C3C)NC(=O)[C@H](COC[C@H]3C[C@@H](CO)[C@H](O)C(O)C3C)CC(=O)[C@@H](C)CO[C@H]3OC(CO)[C@H](O)[C@H](O)C3C)C2=O)c1. The van der Waals surface area contributed by atoms with Gasteiger partial charge in [-0.15, -0.1) is 11.8 Å². The van der Waals surface area contributed by atoms with Crippen LogP contribution in [0, 0.1) is 41.4 Å². The van der Waals surface area contributed by atoms with Gasteiger partial charge in [0.1, 0.15) is 42.0 Å². The summed E-state index contributed by atoms with van der Waals surface area (Å²) in [5, 5.41) is 94.4. The average Bonchev–Trinajstić information content (AvgIpc) is 3.71. The molecule has 5 rings (SSSR count). The number of thioether (sulfide) groups is 1. The van der Waals surface area contributed by atoms with E-state index in [2.05, 4.69) is 5.32 Å². The molecule has 1 saturated carbocycles. The van der Waals surface area contributed by atoms with Crippen molar-refractivity contribution in [3.8, 4) is 0 Å². The van der Waals surface area contributed by atoms with Gasteiger partial charge in [0, 0.05) is 68.1 Å². The lowest BCUT2D eigenvalue weighted by atomic mass is 9.72. The monoisotopic (exact) mass is 1110 g/mol. The number of anilines is 1. The standard InChI is InChI=1S/C53H80N2O21S/c1-26(21-73-52-28(3)45(65)48(68)40(19-57)75-52)39(62)16-34(23-72-22-33-14-32(18-56)47(67)44(64)27(33)2)50(70)54-37(24-74-53-29(4)46(66)49(69)41(20-58)76-53)38(61)13-8-6-7-12-36(60)25-77-42-17-43(63)55(51(42)71)35-11-9-10-31(15-35)30(5)59/h9-11,15,26-29,32-34,37,40-42,44-49,52-53,56-58,64-69H,6-8,12-14,16-25H2,1-5H3,(H,54,70)/t26-,27?,28?,29?,32-,33+,34-,37-,40?,41?,42?,44?,45+,46+,47-,48-,49-,52-,53-/m0/s1. The molecule has 3 heterocycles. The Labute approximate surface area is 452 Å². The summed E-state index contributed by atoms with van der Waals surface area (Å²) >= 11 is 1.06. The molecule has 1 aliphatic carbocycles. The third-order valence-corrected chi connectivity index (χ3v) is 16.7. The highest BCUT2D eigenvalue weighted by molar-refractivity contribution is 8.01. The predicted octanol–water partition coefficient (Wildman–Crippen LogP) is -0.774. The molecule has 3 amide bonds. The molecule has 434 valence electrons. The van der Waals surface area contributed by atoms with Gasteiger partial charge in [-0.2, -0.15) is 0 Å². The first-order valence-corrected chi connectivity index (χ1v) is 27.6. The number of Topliss-reactive ketones (excluding diaryl/α,β-unsaturated/α-hetero) is 4. The smallest absolute Gasteiger partial charge is 0.247 e. The molecule has 1 aromatic rings. The van der Waals surface area contributed by atoms with Crippen molar-refractivity contribution in [2.75, 3.05) is 56.9 Å². The van der Waals surface area contributed by atoms with E-state index >= 15 is 0 Å². The number of hydrogen-bond acceptors (Lipinski definition) is 22. The Balaban J connectivity index is 1.23. The number of carbonyl (C=O) groups is 7. The van der Waals surface area contributed by atoms with E-state index in [0.29, 0.717) is 24.8 Å². The van der Waals surface area contributed by atoms with Gasteiger partial charge in [0.15, 0.2) is 24.1 Å². The molecule has 19 atom stereocenters. The fourth-order valence-corrected chi connectivity index (χ4v) is 11.0. The van der Waals surface area contributed by atoms with Crippen molar-refractivity contribution < 1.29 is 103 Å². The van der Waals surface area contributed by atoms with E-state index in [-0.39, 0.29) is 81.0 Å². The number of amides is 3. The molecule has 1 aromatic carbocycles. The molecule has 4 fully saturated rings. The fourth-order valence-electron chi connectivity index (χ4n) is 10.0. The first-order chi connectivity index (χ1) is 36.5. The molecular weight excluding hydrogens is 1030 g/mol. The van der Waals surface area contributed by atoms with Gasteiger partial charge in [-0.05, 0) is 50.2 Å². The summed E-state index contributed by atoms with van der Waals surface area (Å²) in [7, 11) is 0. The number of aliphatic hydroxyl groups is 9. The number of ether oxygens (including phenoxy) is 5. The molecule has 0 aromatic heterocycles. The molecule has 7 unspecified atom stereocenters. The summed E-state index contributed by atoms with van der Waals surface area (Å²) in [5.74, 6) is -8.33. The van der Waals surface area contributed by atoms with Crippen molar-refractivity contribution in [2.24, 2.45) is 41.4 Å².